The Kier molecular flexibility index (Phi) is 4.89. The van der Waals surface area contributed by atoms with Gasteiger partial charge in [-0.1, -0.05) is 25.1 Å². The van der Waals surface area contributed by atoms with Crippen LogP contribution in [0.5, 0.6) is 5.75 Å². The monoisotopic (exact) mass is 313 g/mol. The van der Waals surface area contributed by atoms with E-state index >= 15 is 0 Å². The minimum atomic E-state index is 0.615. The molecule has 1 aromatic rings. The smallest absolute Gasteiger partial charge is 0.194 e. The van der Waals surface area contributed by atoms with Crippen LogP contribution in [0.4, 0.5) is 0 Å². The van der Waals surface area contributed by atoms with Crippen LogP contribution in [0.3, 0.4) is 0 Å². The van der Waals surface area contributed by atoms with Gasteiger partial charge in [0.05, 0.1) is 7.11 Å². The first-order chi connectivity index (χ1) is 11.2. The molecular weight excluding hydrogens is 286 g/mol. The van der Waals surface area contributed by atoms with Crippen molar-refractivity contribution in [2.24, 2.45) is 10.9 Å². The maximum absolute atomic E-state index is 5.33. The number of guanidine groups is 1. The highest BCUT2D eigenvalue weighted by atomic mass is 16.5. The van der Waals surface area contributed by atoms with Crippen LogP contribution in [0.1, 0.15) is 32.3 Å². The predicted octanol–water partition coefficient (Wildman–Crippen LogP) is 3.16. The largest absolute Gasteiger partial charge is 0.497 e. The first kappa shape index (κ1) is 15.9. The van der Waals surface area contributed by atoms with E-state index in [4.69, 9.17) is 4.74 Å². The molecule has 124 valence electrons. The summed E-state index contributed by atoms with van der Waals surface area (Å²) in [4.78, 5) is 7.03. The highest BCUT2D eigenvalue weighted by Gasteiger charge is 2.34. The summed E-state index contributed by atoms with van der Waals surface area (Å²) in [5.74, 6) is 2.77. The zero-order valence-corrected chi connectivity index (χ0v) is 14.4. The fourth-order valence-electron chi connectivity index (χ4n) is 3.02. The molecular formula is C19H27N3O. The molecule has 1 aromatic carbocycles. The second-order valence-electron chi connectivity index (χ2n) is 6.42. The Hall–Kier alpha value is -1.97. The molecule has 1 aliphatic heterocycles. The number of nitrogens with one attached hydrogen (secondary N) is 1. The molecule has 2 aliphatic rings. The molecule has 2 atom stereocenters. The number of benzene rings is 1. The van der Waals surface area contributed by atoms with Crippen molar-refractivity contribution in [2.45, 2.75) is 32.7 Å². The number of rotatable bonds is 4. The fourth-order valence-corrected chi connectivity index (χ4v) is 3.02. The van der Waals surface area contributed by atoms with E-state index in [-0.39, 0.29) is 0 Å². The molecule has 4 heteroatoms. The topological polar surface area (TPSA) is 36.9 Å². The van der Waals surface area contributed by atoms with Crippen molar-refractivity contribution in [3.63, 3.8) is 0 Å². The number of methoxy groups -OCH3 is 1. The van der Waals surface area contributed by atoms with E-state index in [1.165, 1.54) is 17.6 Å². The number of hydrogen-bond acceptors (Lipinski definition) is 2. The minimum Gasteiger partial charge on any atom is -0.497 e. The molecule has 4 nitrogen and oxygen atoms in total. The quantitative estimate of drug-likeness (QED) is 0.685. The molecule has 1 N–H and O–H groups in total. The summed E-state index contributed by atoms with van der Waals surface area (Å²) in [5, 5.41) is 3.61. The second kappa shape index (κ2) is 7.07. The van der Waals surface area contributed by atoms with Crippen LogP contribution in [0.25, 0.3) is 5.57 Å². The van der Waals surface area contributed by atoms with Crippen molar-refractivity contribution in [3.05, 3.63) is 35.9 Å². The van der Waals surface area contributed by atoms with Crippen molar-refractivity contribution < 1.29 is 4.74 Å². The van der Waals surface area contributed by atoms with E-state index < -0.39 is 0 Å². The van der Waals surface area contributed by atoms with Crippen LogP contribution in [-0.2, 0) is 0 Å². The molecule has 1 aliphatic carbocycles. The number of nitrogens with zero attached hydrogens (tertiary/aromatic N) is 2. The number of hydrogen-bond donors (Lipinski definition) is 1. The van der Waals surface area contributed by atoms with E-state index in [9.17, 15) is 0 Å². The molecule has 0 amide bonds. The Bertz CT molecular complexity index is 608. The molecule has 3 rings (SSSR count). The van der Waals surface area contributed by atoms with Gasteiger partial charge in [0.1, 0.15) is 5.75 Å². The van der Waals surface area contributed by atoms with Gasteiger partial charge in [-0.3, -0.25) is 4.99 Å². The van der Waals surface area contributed by atoms with E-state index in [2.05, 4.69) is 53.3 Å². The van der Waals surface area contributed by atoms with Crippen molar-refractivity contribution in [2.75, 3.05) is 26.7 Å². The lowest BCUT2D eigenvalue weighted by Crippen LogP contribution is -2.44. The standard InChI is InChI=1S/C19H27N3O/c1-4-20-19(21-18-12-14(18)2)22-10-8-15(9-11-22)16-6-5-7-17(13-16)23-3/h5-8,13-14,18H,4,9-12H2,1-3H3,(H,20,21). The van der Waals surface area contributed by atoms with E-state index in [1.807, 2.05) is 6.07 Å². The van der Waals surface area contributed by atoms with Gasteiger partial charge >= 0.3 is 0 Å². The summed E-state index contributed by atoms with van der Waals surface area (Å²) in [6.45, 7) is 7.14. The van der Waals surface area contributed by atoms with Gasteiger partial charge < -0.3 is 15.0 Å². The van der Waals surface area contributed by atoms with Gasteiger partial charge in [0.15, 0.2) is 5.96 Å². The van der Waals surface area contributed by atoms with Crippen LogP contribution >= 0.6 is 0 Å². The van der Waals surface area contributed by atoms with Gasteiger partial charge in [0, 0.05) is 25.7 Å². The van der Waals surface area contributed by atoms with Crippen LogP contribution in [0.15, 0.2) is 35.3 Å². The molecule has 0 bridgehead atoms. The molecule has 0 radical (unpaired) electrons. The summed E-state index contributed by atoms with van der Waals surface area (Å²) < 4.78 is 5.33. The van der Waals surface area contributed by atoms with Gasteiger partial charge in [-0.25, -0.2) is 0 Å². The van der Waals surface area contributed by atoms with E-state index in [1.54, 1.807) is 7.11 Å². The molecule has 1 fully saturated rings. The van der Waals surface area contributed by atoms with Crippen molar-refractivity contribution in [3.8, 4) is 5.75 Å². The third kappa shape index (κ3) is 3.87. The lowest BCUT2D eigenvalue weighted by molar-refractivity contribution is 0.414. The molecule has 2 unspecified atom stereocenters. The highest BCUT2D eigenvalue weighted by Crippen LogP contribution is 2.30. The van der Waals surface area contributed by atoms with Crippen LogP contribution in [0, 0.1) is 5.92 Å². The van der Waals surface area contributed by atoms with Crippen molar-refractivity contribution in [1.29, 1.82) is 0 Å². The predicted molar refractivity (Wildman–Crippen MR) is 95.8 cm³/mol. The second-order valence-corrected chi connectivity index (χ2v) is 6.42. The first-order valence-electron chi connectivity index (χ1n) is 8.60. The summed E-state index contributed by atoms with van der Waals surface area (Å²) in [7, 11) is 1.72. The van der Waals surface area contributed by atoms with Gasteiger partial charge in [0.2, 0.25) is 0 Å². The van der Waals surface area contributed by atoms with Gasteiger partial charge in [-0.05, 0) is 49.0 Å². The molecule has 1 heterocycles. The van der Waals surface area contributed by atoms with Gasteiger partial charge in [-0.15, -0.1) is 0 Å². The average Bonchev–Trinajstić information content (AvgIpc) is 3.29. The maximum Gasteiger partial charge on any atom is 0.194 e. The van der Waals surface area contributed by atoms with E-state index in [0.717, 1.165) is 43.7 Å². The molecule has 0 saturated heterocycles. The third-order valence-corrected chi connectivity index (χ3v) is 4.68. The Morgan fingerprint density at radius 3 is 2.87 bits per heavy atom. The van der Waals surface area contributed by atoms with Crippen LogP contribution in [-0.4, -0.2) is 43.6 Å². The Morgan fingerprint density at radius 2 is 2.26 bits per heavy atom. The molecule has 23 heavy (non-hydrogen) atoms. The van der Waals surface area contributed by atoms with E-state index in [0.29, 0.717) is 6.04 Å². The number of ether oxygens (including phenoxy) is 1. The minimum absolute atomic E-state index is 0.615. The van der Waals surface area contributed by atoms with Crippen molar-refractivity contribution in [1.82, 2.24) is 10.2 Å². The summed E-state index contributed by atoms with van der Waals surface area (Å²) in [6, 6.07) is 8.94. The fraction of sp³-hybridized carbons (Fsp3) is 0.526. The molecule has 0 aromatic heterocycles. The summed E-state index contributed by atoms with van der Waals surface area (Å²) in [5.41, 5.74) is 2.66. The number of aliphatic imine (C=N–C) groups is 1. The highest BCUT2D eigenvalue weighted by molar-refractivity contribution is 5.82. The lowest BCUT2D eigenvalue weighted by atomic mass is 9.99. The van der Waals surface area contributed by atoms with Crippen LogP contribution in [0.2, 0.25) is 0 Å². The van der Waals surface area contributed by atoms with Gasteiger partial charge in [0.25, 0.3) is 0 Å². The average molecular weight is 313 g/mol. The first-order valence-corrected chi connectivity index (χ1v) is 8.60. The SMILES string of the molecule is CCN=C(NC1CC1C)N1CC=C(c2cccc(OC)c2)CC1. The molecule has 1 saturated carbocycles. The van der Waals surface area contributed by atoms with Crippen molar-refractivity contribution >= 4 is 11.5 Å². The normalized spacial score (nSPS) is 24.2. The maximum atomic E-state index is 5.33. The van der Waals surface area contributed by atoms with Gasteiger partial charge in [-0.2, -0.15) is 0 Å². The summed E-state index contributed by atoms with van der Waals surface area (Å²) in [6.07, 6.45) is 4.63. The third-order valence-electron chi connectivity index (χ3n) is 4.68. The Balaban J connectivity index is 1.67. The zero-order chi connectivity index (χ0) is 16.2. The summed E-state index contributed by atoms with van der Waals surface area (Å²) >= 11 is 0. The van der Waals surface area contributed by atoms with Crippen LogP contribution < -0.4 is 10.1 Å². The zero-order valence-electron chi connectivity index (χ0n) is 14.4. The lowest BCUT2D eigenvalue weighted by Gasteiger charge is -2.30. The Labute approximate surface area is 139 Å². The molecule has 0 spiro atoms. The Morgan fingerprint density at radius 1 is 1.43 bits per heavy atom.